The molecule has 0 saturated carbocycles. The molecule has 1 aliphatic rings. The van der Waals surface area contributed by atoms with Crippen LogP contribution < -0.4 is 5.32 Å². The van der Waals surface area contributed by atoms with Crippen LogP contribution in [0.1, 0.15) is 41.7 Å². The van der Waals surface area contributed by atoms with Gasteiger partial charge in [0.15, 0.2) is 0 Å². The van der Waals surface area contributed by atoms with Gasteiger partial charge in [0, 0.05) is 60.2 Å². The number of pyridine rings is 1. The molecule has 26 heavy (non-hydrogen) atoms. The number of nitrogens with zero attached hydrogens (tertiary/aromatic N) is 2. The zero-order valence-corrected chi connectivity index (χ0v) is 15.0. The molecule has 1 saturated heterocycles. The molecule has 1 aromatic carbocycles. The number of aromatic amines is 1. The molecule has 1 atom stereocenters. The summed E-state index contributed by atoms with van der Waals surface area (Å²) in [5.41, 5.74) is 3.08. The third-order valence-corrected chi connectivity index (χ3v) is 5.42. The van der Waals surface area contributed by atoms with E-state index in [1.807, 2.05) is 42.9 Å². The average molecular weight is 348 g/mol. The van der Waals surface area contributed by atoms with Gasteiger partial charge in [-0.1, -0.05) is 0 Å². The van der Waals surface area contributed by atoms with Gasteiger partial charge in [-0.25, -0.2) is 0 Å². The van der Waals surface area contributed by atoms with E-state index in [2.05, 4.69) is 39.2 Å². The molecular weight excluding hydrogens is 324 g/mol. The maximum Gasteiger partial charge on any atom is 0.251 e. The van der Waals surface area contributed by atoms with Crippen molar-refractivity contribution in [1.82, 2.24) is 20.2 Å². The van der Waals surface area contributed by atoms with Crippen LogP contribution in [0.2, 0.25) is 0 Å². The van der Waals surface area contributed by atoms with Crippen LogP contribution in [0.5, 0.6) is 0 Å². The highest BCUT2D eigenvalue weighted by Crippen LogP contribution is 2.24. The third kappa shape index (κ3) is 3.48. The number of likely N-dealkylation sites (tertiary alicyclic amines) is 1. The van der Waals surface area contributed by atoms with E-state index >= 15 is 0 Å². The van der Waals surface area contributed by atoms with Gasteiger partial charge >= 0.3 is 0 Å². The molecule has 134 valence electrons. The van der Waals surface area contributed by atoms with E-state index < -0.39 is 0 Å². The first-order chi connectivity index (χ1) is 12.7. The molecule has 5 nitrogen and oxygen atoms in total. The Morgan fingerprint density at radius 3 is 2.73 bits per heavy atom. The largest absolute Gasteiger partial charge is 0.361 e. The minimum absolute atomic E-state index is 0.0220. The number of H-pyrrole nitrogens is 1. The number of carbonyl (C=O) groups is 1. The van der Waals surface area contributed by atoms with Gasteiger partial charge in [0.25, 0.3) is 5.91 Å². The van der Waals surface area contributed by atoms with Gasteiger partial charge in [-0.15, -0.1) is 0 Å². The van der Waals surface area contributed by atoms with Crippen molar-refractivity contribution in [2.24, 2.45) is 0 Å². The van der Waals surface area contributed by atoms with Crippen molar-refractivity contribution in [3.63, 3.8) is 0 Å². The van der Waals surface area contributed by atoms with Crippen LogP contribution in [0.15, 0.2) is 55.0 Å². The standard InChI is InChI=1S/C21H24N4O/c1-15(16-4-9-22-10-5-16)25-12-7-19(8-13-25)24-21(26)18-2-3-20-17(14-18)6-11-23-20/h2-6,9-11,14-15,19,23H,7-8,12-13H2,1H3,(H,24,26)/t15-/m1/s1. The van der Waals surface area contributed by atoms with Crippen LogP contribution in [0, 0.1) is 0 Å². The maximum absolute atomic E-state index is 12.6. The van der Waals surface area contributed by atoms with Crippen LogP contribution in [-0.2, 0) is 0 Å². The van der Waals surface area contributed by atoms with E-state index in [9.17, 15) is 4.79 Å². The molecule has 1 aliphatic heterocycles. The number of nitrogens with one attached hydrogen (secondary N) is 2. The Balaban J connectivity index is 1.34. The second kappa shape index (κ2) is 7.30. The fourth-order valence-corrected chi connectivity index (χ4v) is 3.75. The van der Waals surface area contributed by atoms with E-state index in [4.69, 9.17) is 0 Å². The van der Waals surface area contributed by atoms with Crippen molar-refractivity contribution in [1.29, 1.82) is 0 Å². The number of hydrogen-bond donors (Lipinski definition) is 2. The summed E-state index contributed by atoms with van der Waals surface area (Å²) in [5, 5.41) is 4.27. The number of benzene rings is 1. The second-order valence-corrected chi connectivity index (χ2v) is 7.02. The zero-order chi connectivity index (χ0) is 17.9. The van der Waals surface area contributed by atoms with Crippen molar-refractivity contribution < 1.29 is 4.79 Å². The van der Waals surface area contributed by atoms with Crippen molar-refractivity contribution in [3.8, 4) is 0 Å². The monoisotopic (exact) mass is 348 g/mol. The van der Waals surface area contributed by atoms with Crippen LogP contribution in [-0.4, -0.2) is 39.9 Å². The lowest BCUT2D eigenvalue weighted by Crippen LogP contribution is -2.45. The van der Waals surface area contributed by atoms with Crippen LogP contribution >= 0.6 is 0 Å². The van der Waals surface area contributed by atoms with Gasteiger partial charge in [0.1, 0.15) is 0 Å². The Bertz CT molecular complexity index is 881. The van der Waals surface area contributed by atoms with Crippen molar-refractivity contribution in [3.05, 3.63) is 66.1 Å². The van der Waals surface area contributed by atoms with E-state index in [1.165, 1.54) is 5.56 Å². The summed E-state index contributed by atoms with van der Waals surface area (Å²) in [5.74, 6) is 0.0220. The van der Waals surface area contributed by atoms with Gasteiger partial charge < -0.3 is 10.3 Å². The summed E-state index contributed by atoms with van der Waals surface area (Å²) in [6.45, 7) is 4.22. The summed E-state index contributed by atoms with van der Waals surface area (Å²) in [6, 6.07) is 12.6. The topological polar surface area (TPSA) is 61.0 Å². The number of hydrogen-bond acceptors (Lipinski definition) is 3. The Kier molecular flexibility index (Phi) is 4.71. The average Bonchev–Trinajstić information content (AvgIpc) is 3.16. The highest BCUT2D eigenvalue weighted by atomic mass is 16.1. The SMILES string of the molecule is C[C@H](c1ccncc1)N1CCC(NC(=O)c2ccc3[nH]ccc3c2)CC1. The molecule has 0 spiro atoms. The van der Waals surface area contributed by atoms with Gasteiger partial charge in [-0.3, -0.25) is 14.7 Å². The molecule has 0 aliphatic carbocycles. The quantitative estimate of drug-likeness (QED) is 0.758. The molecule has 0 radical (unpaired) electrons. The first-order valence-corrected chi connectivity index (χ1v) is 9.23. The van der Waals surface area contributed by atoms with Gasteiger partial charge in [0.2, 0.25) is 0 Å². The van der Waals surface area contributed by atoms with Gasteiger partial charge in [0.05, 0.1) is 0 Å². The first kappa shape index (κ1) is 16.8. The highest BCUT2D eigenvalue weighted by molar-refractivity contribution is 5.98. The zero-order valence-electron chi connectivity index (χ0n) is 15.0. The highest BCUT2D eigenvalue weighted by Gasteiger charge is 2.24. The molecular formula is C21H24N4O. The van der Waals surface area contributed by atoms with E-state index in [0.717, 1.165) is 42.4 Å². The van der Waals surface area contributed by atoms with Crippen molar-refractivity contribution >= 4 is 16.8 Å². The van der Waals surface area contributed by atoms with Crippen molar-refractivity contribution in [2.75, 3.05) is 13.1 Å². The summed E-state index contributed by atoms with van der Waals surface area (Å²) in [7, 11) is 0. The lowest BCUT2D eigenvalue weighted by Gasteiger charge is -2.36. The maximum atomic E-state index is 12.6. The third-order valence-electron chi connectivity index (χ3n) is 5.42. The molecule has 2 N–H and O–H groups in total. The lowest BCUT2D eigenvalue weighted by atomic mass is 10.0. The molecule has 0 unspecified atom stereocenters. The smallest absolute Gasteiger partial charge is 0.251 e. The molecule has 0 bridgehead atoms. The minimum atomic E-state index is 0.0220. The number of rotatable bonds is 4. The molecule has 1 amide bonds. The van der Waals surface area contributed by atoms with Gasteiger partial charge in [-0.2, -0.15) is 0 Å². The van der Waals surface area contributed by atoms with E-state index in [0.29, 0.717) is 6.04 Å². The fourth-order valence-electron chi connectivity index (χ4n) is 3.75. The van der Waals surface area contributed by atoms with Crippen LogP contribution in [0.3, 0.4) is 0 Å². The summed E-state index contributed by atoms with van der Waals surface area (Å²) >= 11 is 0. The van der Waals surface area contributed by atoms with Gasteiger partial charge in [-0.05, 0) is 61.7 Å². The molecule has 2 aromatic heterocycles. The number of carbonyl (C=O) groups excluding carboxylic acids is 1. The second-order valence-electron chi connectivity index (χ2n) is 7.02. The van der Waals surface area contributed by atoms with Crippen molar-refractivity contribution in [2.45, 2.75) is 31.8 Å². The van der Waals surface area contributed by atoms with Crippen LogP contribution in [0.4, 0.5) is 0 Å². The minimum Gasteiger partial charge on any atom is -0.361 e. The molecule has 1 fully saturated rings. The Labute approximate surface area is 153 Å². The molecule has 3 heterocycles. The number of aromatic nitrogens is 2. The summed E-state index contributed by atoms with van der Waals surface area (Å²) in [6.07, 6.45) is 7.55. The lowest BCUT2D eigenvalue weighted by molar-refractivity contribution is 0.0896. The molecule has 4 rings (SSSR count). The Hall–Kier alpha value is -2.66. The molecule has 3 aromatic rings. The van der Waals surface area contributed by atoms with E-state index in [-0.39, 0.29) is 11.9 Å². The predicted octanol–water partition coefficient (Wildman–Crippen LogP) is 3.52. The number of amides is 1. The Morgan fingerprint density at radius 2 is 1.96 bits per heavy atom. The predicted molar refractivity (Wildman–Crippen MR) is 103 cm³/mol. The Morgan fingerprint density at radius 1 is 1.19 bits per heavy atom. The first-order valence-electron chi connectivity index (χ1n) is 9.23. The number of piperidine rings is 1. The normalized spacial score (nSPS) is 17.3. The molecule has 5 heteroatoms. The fraction of sp³-hybridized carbons (Fsp3) is 0.333. The summed E-state index contributed by atoms with van der Waals surface area (Å²) < 4.78 is 0. The number of fused-ring (bicyclic) bond motifs is 1. The van der Waals surface area contributed by atoms with E-state index in [1.54, 1.807) is 0 Å². The summed E-state index contributed by atoms with van der Waals surface area (Å²) in [4.78, 5) is 22.3. The van der Waals surface area contributed by atoms with Crippen LogP contribution in [0.25, 0.3) is 10.9 Å².